The van der Waals surface area contributed by atoms with Crippen LogP contribution in [0.5, 0.6) is 11.5 Å². The molecule has 3 aromatic rings. The third kappa shape index (κ3) is 6.05. The maximum Gasteiger partial charge on any atom is 0.307 e. The van der Waals surface area contributed by atoms with E-state index in [0.29, 0.717) is 32.2 Å². The van der Waals surface area contributed by atoms with Gasteiger partial charge in [-0.3, -0.25) is 9.36 Å². The Bertz CT molecular complexity index is 1070. The number of carbonyl (C=O) groups excluding carboxylic acids is 1. The van der Waals surface area contributed by atoms with Gasteiger partial charge in [0.05, 0.1) is 24.8 Å². The molecular weight excluding hydrogens is 424 g/mol. The first-order chi connectivity index (χ1) is 16.1. The Kier molecular flexibility index (Phi) is 7.48. The summed E-state index contributed by atoms with van der Waals surface area (Å²) < 4.78 is 17.7. The van der Waals surface area contributed by atoms with Gasteiger partial charge in [-0.15, -0.1) is 0 Å². The summed E-state index contributed by atoms with van der Waals surface area (Å²) in [5.41, 5.74) is 2.65. The summed E-state index contributed by atoms with van der Waals surface area (Å²) in [6.07, 6.45) is 5.28. The predicted octanol–water partition coefficient (Wildman–Crippen LogP) is 2.07. The van der Waals surface area contributed by atoms with E-state index < -0.39 is 0 Å². The summed E-state index contributed by atoms with van der Waals surface area (Å²) in [6.45, 7) is 6.34. The second kappa shape index (κ2) is 10.9. The second-order valence-corrected chi connectivity index (χ2v) is 7.58. The number of carbonyl (C=O) groups is 1. The number of aromatic nitrogens is 4. The van der Waals surface area contributed by atoms with Crippen LogP contribution in [0.1, 0.15) is 36.3 Å². The number of esters is 1. The highest BCUT2D eigenvalue weighted by molar-refractivity contribution is 5.70. The minimum atomic E-state index is -0.305. The molecule has 1 aliphatic rings. The van der Waals surface area contributed by atoms with Crippen LogP contribution in [0.15, 0.2) is 43.0 Å². The maximum absolute atomic E-state index is 12.2. The molecule has 33 heavy (non-hydrogen) atoms. The quantitative estimate of drug-likeness (QED) is 0.333. The molecule has 0 aliphatic carbocycles. The normalized spacial score (nSPS) is 13.2. The van der Waals surface area contributed by atoms with Crippen molar-refractivity contribution in [1.29, 1.82) is 0 Å². The number of benzene rings is 1. The van der Waals surface area contributed by atoms with E-state index in [0.717, 1.165) is 28.5 Å². The fourth-order valence-corrected chi connectivity index (χ4v) is 3.53. The van der Waals surface area contributed by atoms with E-state index >= 15 is 0 Å². The Morgan fingerprint density at radius 3 is 2.91 bits per heavy atom. The number of aryl methyl sites for hydroxylation is 1. The van der Waals surface area contributed by atoms with Crippen molar-refractivity contribution in [1.82, 2.24) is 30.2 Å². The van der Waals surface area contributed by atoms with Crippen molar-refractivity contribution in [3.8, 4) is 17.4 Å². The van der Waals surface area contributed by atoms with E-state index in [2.05, 4.69) is 25.6 Å². The lowest BCUT2D eigenvalue weighted by Gasteiger charge is -2.19. The molecule has 10 heteroatoms. The van der Waals surface area contributed by atoms with Crippen LogP contribution < -0.4 is 20.1 Å². The van der Waals surface area contributed by atoms with Crippen molar-refractivity contribution in [2.45, 2.75) is 32.9 Å². The molecule has 0 saturated carbocycles. The first-order valence-corrected chi connectivity index (χ1v) is 10.9. The molecule has 10 nitrogen and oxygen atoms in total. The van der Waals surface area contributed by atoms with E-state index in [1.165, 1.54) is 0 Å². The van der Waals surface area contributed by atoms with E-state index in [4.69, 9.17) is 14.2 Å². The van der Waals surface area contributed by atoms with Crippen LogP contribution in [0.25, 0.3) is 5.95 Å². The average Bonchev–Trinajstić information content (AvgIpc) is 3.49. The van der Waals surface area contributed by atoms with Crippen molar-refractivity contribution >= 4 is 5.97 Å². The fraction of sp³-hybridized carbons (Fsp3) is 0.391. The smallest absolute Gasteiger partial charge is 0.307 e. The molecule has 174 valence electrons. The van der Waals surface area contributed by atoms with Gasteiger partial charge in [-0.25, -0.2) is 15.0 Å². The molecule has 0 spiro atoms. The topological polar surface area (TPSA) is 112 Å². The Morgan fingerprint density at radius 1 is 1.21 bits per heavy atom. The minimum Gasteiger partial charge on any atom is -0.466 e. The highest BCUT2D eigenvalue weighted by Gasteiger charge is 2.20. The van der Waals surface area contributed by atoms with Gasteiger partial charge in [0.25, 0.3) is 0 Å². The monoisotopic (exact) mass is 452 g/mol. The Balaban J connectivity index is 1.37. The highest BCUT2D eigenvalue weighted by atomic mass is 16.7. The molecule has 1 atom stereocenters. The van der Waals surface area contributed by atoms with Gasteiger partial charge in [0.15, 0.2) is 11.5 Å². The summed E-state index contributed by atoms with van der Waals surface area (Å²) in [7, 11) is 0. The molecule has 1 aromatic carbocycles. The van der Waals surface area contributed by atoms with Crippen LogP contribution in [0.4, 0.5) is 0 Å². The molecule has 0 saturated heterocycles. The van der Waals surface area contributed by atoms with Gasteiger partial charge in [-0.1, -0.05) is 6.07 Å². The van der Waals surface area contributed by atoms with Crippen LogP contribution in [0.2, 0.25) is 0 Å². The number of hydrogen-bond donors (Lipinski definition) is 2. The number of nitrogens with one attached hydrogen (secondary N) is 2. The molecule has 1 unspecified atom stereocenters. The van der Waals surface area contributed by atoms with Crippen molar-refractivity contribution in [3.05, 3.63) is 59.9 Å². The molecule has 0 amide bonds. The van der Waals surface area contributed by atoms with Gasteiger partial charge in [0.1, 0.15) is 6.33 Å². The number of imidazole rings is 1. The zero-order chi connectivity index (χ0) is 23.0. The molecule has 0 fully saturated rings. The van der Waals surface area contributed by atoms with Crippen molar-refractivity contribution in [2.24, 2.45) is 0 Å². The molecule has 3 heterocycles. The Morgan fingerprint density at radius 2 is 2.09 bits per heavy atom. The van der Waals surface area contributed by atoms with Crippen LogP contribution in [-0.4, -0.2) is 52.0 Å². The molecule has 2 N–H and O–H groups in total. The summed E-state index contributed by atoms with van der Waals surface area (Å²) in [5.74, 6) is 1.79. The standard InChI is InChI=1S/C23H28N6O4/c1-3-31-22(30)12-18(19-10-16(2)27-23(28-19)29-9-8-25-14-29)26-7-6-24-13-17-4-5-20-21(11-17)33-15-32-20/h4-5,8-11,14,18,24,26H,3,6-7,12-13,15H2,1-2H3. The zero-order valence-corrected chi connectivity index (χ0v) is 18.8. The van der Waals surface area contributed by atoms with E-state index in [9.17, 15) is 4.79 Å². The molecule has 1 aliphatic heterocycles. The summed E-state index contributed by atoms with van der Waals surface area (Å²) >= 11 is 0. The lowest BCUT2D eigenvalue weighted by Crippen LogP contribution is -2.32. The van der Waals surface area contributed by atoms with Crippen LogP contribution in [0, 0.1) is 6.92 Å². The van der Waals surface area contributed by atoms with Gasteiger partial charge in [-0.2, -0.15) is 0 Å². The fourth-order valence-electron chi connectivity index (χ4n) is 3.53. The minimum absolute atomic E-state index is 0.176. The van der Waals surface area contributed by atoms with E-state index in [-0.39, 0.29) is 25.2 Å². The van der Waals surface area contributed by atoms with Gasteiger partial charge < -0.3 is 24.8 Å². The Hall–Kier alpha value is -3.50. The molecule has 2 aromatic heterocycles. The second-order valence-electron chi connectivity index (χ2n) is 7.58. The van der Waals surface area contributed by atoms with E-state index in [1.54, 1.807) is 30.2 Å². The number of nitrogens with zero attached hydrogens (tertiary/aromatic N) is 4. The average molecular weight is 453 g/mol. The lowest BCUT2D eigenvalue weighted by molar-refractivity contribution is -0.143. The zero-order valence-electron chi connectivity index (χ0n) is 18.8. The number of ether oxygens (including phenoxy) is 3. The molecular formula is C23H28N6O4. The van der Waals surface area contributed by atoms with Gasteiger partial charge >= 0.3 is 5.97 Å². The molecule has 0 bridgehead atoms. The third-order valence-electron chi connectivity index (χ3n) is 5.09. The Labute approximate surface area is 192 Å². The van der Waals surface area contributed by atoms with Gasteiger partial charge in [0, 0.05) is 37.7 Å². The van der Waals surface area contributed by atoms with Crippen molar-refractivity contribution < 1.29 is 19.0 Å². The van der Waals surface area contributed by atoms with E-state index in [1.807, 2.05) is 31.2 Å². The number of fused-ring (bicyclic) bond motifs is 1. The van der Waals surface area contributed by atoms with Crippen LogP contribution in [0.3, 0.4) is 0 Å². The SMILES string of the molecule is CCOC(=O)CC(NCCNCc1ccc2c(c1)OCO2)c1cc(C)nc(-n2ccnc2)n1. The predicted molar refractivity (Wildman–Crippen MR) is 120 cm³/mol. The first kappa shape index (κ1) is 22.7. The summed E-state index contributed by atoms with van der Waals surface area (Å²) in [4.78, 5) is 25.4. The highest BCUT2D eigenvalue weighted by Crippen LogP contribution is 2.32. The van der Waals surface area contributed by atoms with Crippen LogP contribution in [-0.2, 0) is 16.1 Å². The molecule has 0 radical (unpaired) electrons. The number of rotatable bonds is 11. The van der Waals surface area contributed by atoms with Crippen LogP contribution >= 0.6 is 0 Å². The third-order valence-corrected chi connectivity index (χ3v) is 5.09. The van der Waals surface area contributed by atoms with Gasteiger partial charge in [-0.05, 0) is 37.6 Å². The summed E-state index contributed by atoms with van der Waals surface area (Å²) in [6, 6.07) is 7.49. The maximum atomic E-state index is 12.2. The van der Waals surface area contributed by atoms with Crippen molar-refractivity contribution in [3.63, 3.8) is 0 Å². The summed E-state index contributed by atoms with van der Waals surface area (Å²) in [5, 5.41) is 6.83. The molecule has 4 rings (SSSR count). The van der Waals surface area contributed by atoms with Gasteiger partial charge in [0.2, 0.25) is 12.7 Å². The largest absolute Gasteiger partial charge is 0.466 e. The lowest BCUT2D eigenvalue weighted by atomic mass is 10.1. The number of hydrogen-bond acceptors (Lipinski definition) is 9. The van der Waals surface area contributed by atoms with Crippen molar-refractivity contribution in [2.75, 3.05) is 26.5 Å². The first-order valence-electron chi connectivity index (χ1n) is 10.9.